The normalized spacial score (nSPS) is 23.4. The molecule has 1 saturated heterocycles. The van der Waals surface area contributed by atoms with Crippen LogP contribution in [0.1, 0.15) is 50.1 Å². The highest BCUT2D eigenvalue weighted by Crippen LogP contribution is 2.37. The van der Waals surface area contributed by atoms with E-state index in [1.54, 1.807) is 19.5 Å². The smallest absolute Gasteiger partial charge is 0.234 e. The fourth-order valence-corrected chi connectivity index (χ4v) is 4.12. The first-order valence-corrected chi connectivity index (χ1v) is 9.80. The van der Waals surface area contributed by atoms with Crippen molar-refractivity contribution in [3.8, 4) is 11.6 Å². The molecule has 2 unspecified atom stereocenters. The molecule has 0 bridgehead atoms. The molecule has 1 N–H and O–H groups in total. The second-order valence-electron chi connectivity index (χ2n) is 7.43. The molecule has 1 aromatic heterocycles. The van der Waals surface area contributed by atoms with Gasteiger partial charge >= 0.3 is 0 Å². The maximum atomic E-state index is 10.3. The molecule has 2 aromatic rings. The maximum Gasteiger partial charge on any atom is 0.234 e. The van der Waals surface area contributed by atoms with Crippen LogP contribution in [0, 0.1) is 0 Å². The molecule has 1 aromatic carbocycles. The fraction of sp³-hybridized carbons (Fsp3) is 0.524. The number of aliphatic hydroxyl groups excluding tert-OH is 1. The molecule has 1 saturated carbocycles. The van der Waals surface area contributed by atoms with Gasteiger partial charge in [0, 0.05) is 6.54 Å². The van der Waals surface area contributed by atoms with Crippen molar-refractivity contribution in [2.24, 2.45) is 0 Å². The average Bonchev–Trinajstić information content (AvgIpc) is 3.11. The lowest BCUT2D eigenvalue weighted by Gasteiger charge is -2.27. The van der Waals surface area contributed by atoms with Crippen LogP contribution in [0.2, 0.25) is 0 Å². The standard InChI is InChI=1S/C21H27N3O3/c1-26-18-9-5-6-15(10-18)19-11-16(25)14-24(19)20-12-22-13-21(23-20)27-17-7-3-2-4-8-17/h5-6,9-10,12-13,16-17,19,25H,2-4,7-8,11,14H2,1H3. The van der Waals surface area contributed by atoms with E-state index in [1.165, 1.54) is 19.3 Å². The van der Waals surface area contributed by atoms with Gasteiger partial charge in [0.25, 0.3) is 0 Å². The van der Waals surface area contributed by atoms with E-state index in [-0.39, 0.29) is 12.1 Å². The molecule has 27 heavy (non-hydrogen) atoms. The van der Waals surface area contributed by atoms with Gasteiger partial charge in [0.2, 0.25) is 5.88 Å². The lowest BCUT2D eigenvalue weighted by atomic mass is 9.98. The number of hydrogen-bond donors (Lipinski definition) is 1. The summed E-state index contributed by atoms with van der Waals surface area (Å²) in [5.74, 6) is 2.13. The van der Waals surface area contributed by atoms with Crippen LogP contribution in [-0.4, -0.2) is 40.9 Å². The molecular formula is C21H27N3O3. The Kier molecular flexibility index (Phi) is 5.43. The molecule has 2 aliphatic rings. The van der Waals surface area contributed by atoms with E-state index in [4.69, 9.17) is 14.5 Å². The van der Waals surface area contributed by atoms with Crippen molar-refractivity contribution >= 4 is 5.82 Å². The van der Waals surface area contributed by atoms with Gasteiger partial charge in [-0.3, -0.25) is 4.98 Å². The zero-order valence-electron chi connectivity index (χ0n) is 15.8. The summed E-state index contributed by atoms with van der Waals surface area (Å²) >= 11 is 0. The quantitative estimate of drug-likeness (QED) is 0.870. The average molecular weight is 369 g/mol. The first-order valence-electron chi connectivity index (χ1n) is 9.80. The van der Waals surface area contributed by atoms with Crippen LogP contribution in [0.4, 0.5) is 5.82 Å². The second-order valence-corrected chi connectivity index (χ2v) is 7.43. The first-order chi connectivity index (χ1) is 13.2. The molecule has 2 atom stereocenters. The molecule has 1 aliphatic heterocycles. The monoisotopic (exact) mass is 369 g/mol. The second kappa shape index (κ2) is 8.13. The zero-order chi connectivity index (χ0) is 18.6. The number of hydrogen-bond acceptors (Lipinski definition) is 6. The SMILES string of the molecule is COc1cccc(C2CC(O)CN2c2cncc(OC3CCCCC3)n2)c1. The summed E-state index contributed by atoms with van der Waals surface area (Å²) < 4.78 is 11.4. The minimum absolute atomic E-state index is 0.0364. The molecule has 2 heterocycles. The third-order valence-electron chi connectivity index (χ3n) is 5.49. The Morgan fingerprint density at radius 1 is 1.15 bits per heavy atom. The van der Waals surface area contributed by atoms with E-state index in [9.17, 15) is 5.11 Å². The van der Waals surface area contributed by atoms with Crippen molar-refractivity contribution in [2.75, 3.05) is 18.6 Å². The van der Waals surface area contributed by atoms with Crippen LogP contribution in [0.3, 0.4) is 0 Å². The highest BCUT2D eigenvalue weighted by Gasteiger charge is 2.33. The van der Waals surface area contributed by atoms with Crippen LogP contribution in [0.5, 0.6) is 11.6 Å². The number of aliphatic hydroxyl groups is 1. The molecule has 144 valence electrons. The van der Waals surface area contributed by atoms with E-state index in [0.717, 1.165) is 30.0 Å². The highest BCUT2D eigenvalue weighted by atomic mass is 16.5. The van der Waals surface area contributed by atoms with Crippen molar-refractivity contribution in [1.82, 2.24) is 9.97 Å². The van der Waals surface area contributed by atoms with Gasteiger partial charge in [0.15, 0.2) is 5.82 Å². The first kappa shape index (κ1) is 18.0. The zero-order valence-corrected chi connectivity index (χ0v) is 15.8. The Morgan fingerprint density at radius 2 is 2.00 bits per heavy atom. The van der Waals surface area contributed by atoms with E-state index >= 15 is 0 Å². The number of anilines is 1. The summed E-state index contributed by atoms with van der Waals surface area (Å²) in [6.45, 7) is 0.531. The van der Waals surface area contributed by atoms with E-state index < -0.39 is 6.10 Å². The van der Waals surface area contributed by atoms with Crippen LogP contribution < -0.4 is 14.4 Å². The van der Waals surface area contributed by atoms with Crippen molar-refractivity contribution in [3.05, 3.63) is 42.2 Å². The summed E-state index contributed by atoms with van der Waals surface area (Å²) in [6.07, 6.45) is 9.82. The lowest BCUT2D eigenvalue weighted by Crippen LogP contribution is -2.26. The number of ether oxygens (including phenoxy) is 2. The fourth-order valence-electron chi connectivity index (χ4n) is 4.12. The predicted octanol–water partition coefficient (Wildman–Crippen LogP) is 3.51. The topological polar surface area (TPSA) is 67.7 Å². The van der Waals surface area contributed by atoms with E-state index in [1.807, 2.05) is 18.2 Å². The lowest BCUT2D eigenvalue weighted by molar-refractivity contribution is 0.148. The number of rotatable bonds is 5. The minimum atomic E-state index is -0.397. The van der Waals surface area contributed by atoms with Crippen molar-refractivity contribution in [2.45, 2.75) is 56.8 Å². The third-order valence-corrected chi connectivity index (χ3v) is 5.49. The molecule has 2 fully saturated rings. The van der Waals surface area contributed by atoms with Crippen LogP contribution >= 0.6 is 0 Å². The highest BCUT2D eigenvalue weighted by molar-refractivity contribution is 5.45. The Balaban J connectivity index is 1.55. The number of aromatic nitrogens is 2. The Labute approximate surface area is 160 Å². The molecule has 0 spiro atoms. The van der Waals surface area contributed by atoms with Gasteiger partial charge in [-0.25, -0.2) is 0 Å². The van der Waals surface area contributed by atoms with E-state index in [0.29, 0.717) is 18.8 Å². The predicted molar refractivity (Wildman–Crippen MR) is 103 cm³/mol. The van der Waals surface area contributed by atoms with Crippen LogP contribution in [0.25, 0.3) is 0 Å². The summed E-state index contributed by atoms with van der Waals surface area (Å²) in [5, 5.41) is 10.3. The Bertz CT molecular complexity index is 764. The molecule has 0 radical (unpaired) electrons. The van der Waals surface area contributed by atoms with Gasteiger partial charge in [-0.2, -0.15) is 4.98 Å². The maximum absolute atomic E-state index is 10.3. The molecular weight excluding hydrogens is 342 g/mol. The molecule has 1 aliphatic carbocycles. The molecule has 4 rings (SSSR count). The summed E-state index contributed by atoms with van der Waals surface area (Å²) in [5.41, 5.74) is 1.10. The van der Waals surface area contributed by atoms with Crippen molar-refractivity contribution < 1.29 is 14.6 Å². The molecule has 6 nitrogen and oxygen atoms in total. The molecule has 0 amide bonds. The van der Waals surface area contributed by atoms with Crippen molar-refractivity contribution in [1.29, 1.82) is 0 Å². The minimum Gasteiger partial charge on any atom is -0.497 e. The van der Waals surface area contributed by atoms with Crippen molar-refractivity contribution in [3.63, 3.8) is 0 Å². The van der Waals surface area contributed by atoms with Gasteiger partial charge in [0.1, 0.15) is 11.9 Å². The third kappa shape index (κ3) is 4.16. The number of β-amino-alcohol motifs (C(OH)–C–C–N with tert-alkyl or cyclic N) is 1. The van der Waals surface area contributed by atoms with Gasteiger partial charge in [-0.15, -0.1) is 0 Å². The van der Waals surface area contributed by atoms with Crippen LogP contribution in [-0.2, 0) is 0 Å². The Hall–Kier alpha value is -2.34. The number of methoxy groups -OCH3 is 1. The van der Waals surface area contributed by atoms with Gasteiger partial charge < -0.3 is 19.5 Å². The summed E-state index contributed by atoms with van der Waals surface area (Å²) in [6, 6.07) is 8.03. The van der Waals surface area contributed by atoms with Gasteiger partial charge in [-0.05, 0) is 49.8 Å². The van der Waals surface area contributed by atoms with Gasteiger partial charge in [-0.1, -0.05) is 18.6 Å². The molecule has 6 heteroatoms. The summed E-state index contributed by atoms with van der Waals surface area (Å²) in [4.78, 5) is 11.2. The summed E-state index contributed by atoms with van der Waals surface area (Å²) in [7, 11) is 1.66. The largest absolute Gasteiger partial charge is 0.497 e. The Morgan fingerprint density at radius 3 is 2.81 bits per heavy atom. The number of nitrogens with zero attached hydrogens (tertiary/aromatic N) is 3. The van der Waals surface area contributed by atoms with E-state index in [2.05, 4.69) is 16.0 Å². The number of benzene rings is 1. The van der Waals surface area contributed by atoms with Crippen LogP contribution in [0.15, 0.2) is 36.7 Å². The van der Waals surface area contributed by atoms with Gasteiger partial charge in [0.05, 0.1) is 31.6 Å².